The Morgan fingerprint density at radius 2 is 2.00 bits per heavy atom. The third-order valence-corrected chi connectivity index (χ3v) is 5.04. The second-order valence-electron chi connectivity index (χ2n) is 5.64. The number of rotatable bonds is 5. The molecule has 0 saturated carbocycles. The van der Waals surface area contributed by atoms with Crippen LogP contribution < -0.4 is 0 Å². The van der Waals surface area contributed by atoms with Gasteiger partial charge in [0.05, 0.1) is 5.69 Å². The third kappa shape index (κ3) is 3.51. The van der Waals surface area contributed by atoms with Crippen LogP contribution in [0.1, 0.15) is 29.3 Å². The fraction of sp³-hybridized carbons (Fsp3) is 0.278. The fourth-order valence-electron chi connectivity index (χ4n) is 2.41. The van der Waals surface area contributed by atoms with Gasteiger partial charge in [0.1, 0.15) is 11.6 Å². The second-order valence-corrected chi connectivity index (χ2v) is 6.61. The molecule has 0 bridgehead atoms. The Bertz CT molecular complexity index is 765. The Balaban J connectivity index is 1.77. The highest BCUT2D eigenvalue weighted by Gasteiger charge is 2.17. The molecule has 0 N–H and O–H groups in total. The lowest BCUT2D eigenvalue weighted by Gasteiger charge is -2.22. The Morgan fingerprint density at radius 1 is 1.26 bits per heavy atom. The van der Waals surface area contributed by atoms with E-state index < -0.39 is 0 Å². The Hall–Kier alpha value is -1.98. The number of nitrogens with zero attached hydrogens (tertiary/aromatic N) is 2. The summed E-state index contributed by atoms with van der Waals surface area (Å²) in [6.45, 7) is 4.80. The number of benzene rings is 1. The summed E-state index contributed by atoms with van der Waals surface area (Å²) in [5.41, 5.74) is 1.70. The summed E-state index contributed by atoms with van der Waals surface area (Å²) in [4.78, 5) is 8.15. The van der Waals surface area contributed by atoms with Gasteiger partial charge in [-0.2, -0.15) is 0 Å². The minimum atomic E-state index is -0.262. The first kappa shape index (κ1) is 15.9. The predicted octanol–water partition coefficient (Wildman–Crippen LogP) is 5.04. The number of aryl methyl sites for hydroxylation is 1. The zero-order valence-electron chi connectivity index (χ0n) is 13.4. The van der Waals surface area contributed by atoms with E-state index in [2.05, 4.69) is 41.4 Å². The Labute approximate surface area is 139 Å². The average Bonchev–Trinajstić information content (AvgIpc) is 3.18. The SMILES string of the molecule is Cc1oc(-c2ccc(F)cc2)nc1CN(C)[C@H](C)c1cccs1. The quantitative estimate of drug-likeness (QED) is 0.656. The summed E-state index contributed by atoms with van der Waals surface area (Å²) < 4.78 is 18.8. The van der Waals surface area contributed by atoms with Crippen LogP contribution in [0, 0.1) is 12.7 Å². The molecule has 5 heteroatoms. The molecule has 0 aliphatic heterocycles. The number of thiophene rings is 1. The monoisotopic (exact) mass is 330 g/mol. The maximum atomic E-state index is 13.0. The number of hydrogen-bond donors (Lipinski definition) is 0. The highest BCUT2D eigenvalue weighted by Crippen LogP contribution is 2.27. The minimum absolute atomic E-state index is 0.262. The largest absolute Gasteiger partial charge is 0.441 e. The zero-order chi connectivity index (χ0) is 16.4. The lowest BCUT2D eigenvalue weighted by atomic mass is 10.2. The zero-order valence-corrected chi connectivity index (χ0v) is 14.2. The van der Waals surface area contributed by atoms with Gasteiger partial charge in [-0.1, -0.05) is 6.07 Å². The number of halogens is 1. The van der Waals surface area contributed by atoms with Crippen LogP contribution in [0.3, 0.4) is 0 Å². The molecule has 0 aliphatic carbocycles. The van der Waals surface area contributed by atoms with Crippen molar-refractivity contribution in [3.05, 3.63) is 63.9 Å². The van der Waals surface area contributed by atoms with Crippen LogP contribution in [0.2, 0.25) is 0 Å². The van der Waals surface area contributed by atoms with Gasteiger partial charge in [-0.3, -0.25) is 4.90 Å². The Morgan fingerprint density at radius 3 is 2.65 bits per heavy atom. The van der Waals surface area contributed by atoms with E-state index in [1.165, 1.54) is 17.0 Å². The smallest absolute Gasteiger partial charge is 0.226 e. The first-order valence-corrected chi connectivity index (χ1v) is 8.38. The van der Waals surface area contributed by atoms with Crippen LogP contribution in [0.25, 0.3) is 11.5 Å². The van der Waals surface area contributed by atoms with Crippen molar-refractivity contribution in [2.75, 3.05) is 7.05 Å². The van der Waals surface area contributed by atoms with Gasteiger partial charge in [0.15, 0.2) is 0 Å². The van der Waals surface area contributed by atoms with Crippen molar-refractivity contribution in [2.45, 2.75) is 26.4 Å². The van der Waals surface area contributed by atoms with Crippen molar-refractivity contribution in [3.63, 3.8) is 0 Å². The summed E-state index contributed by atoms with van der Waals surface area (Å²) in [6.07, 6.45) is 0. The van der Waals surface area contributed by atoms with Gasteiger partial charge < -0.3 is 4.42 Å². The lowest BCUT2D eigenvalue weighted by Crippen LogP contribution is -2.21. The van der Waals surface area contributed by atoms with Gasteiger partial charge in [0, 0.05) is 23.0 Å². The van der Waals surface area contributed by atoms with Crippen molar-refractivity contribution in [1.29, 1.82) is 0 Å². The average molecular weight is 330 g/mol. The van der Waals surface area contributed by atoms with E-state index >= 15 is 0 Å². The van der Waals surface area contributed by atoms with Gasteiger partial charge >= 0.3 is 0 Å². The molecule has 0 aliphatic rings. The van der Waals surface area contributed by atoms with Gasteiger partial charge in [-0.15, -0.1) is 11.3 Å². The topological polar surface area (TPSA) is 29.3 Å². The van der Waals surface area contributed by atoms with Crippen molar-refractivity contribution in [2.24, 2.45) is 0 Å². The number of aromatic nitrogens is 1. The van der Waals surface area contributed by atoms with Crippen molar-refractivity contribution >= 4 is 11.3 Å². The fourth-order valence-corrected chi connectivity index (χ4v) is 3.26. The van der Waals surface area contributed by atoms with E-state index in [9.17, 15) is 4.39 Å². The molecule has 0 fully saturated rings. The molecule has 0 saturated heterocycles. The second kappa shape index (κ2) is 6.64. The summed E-state index contributed by atoms with van der Waals surface area (Å²) >= 11 is 1.76. The highest BCUT2D eigenvalue weighted by atomic mass is 32.1. The summed E-state index contributed by atoms with van der Waals surface area (Å²) in [5, 5.41) is 2.09. The lowest BCUT2D eigenvalue weighted by molar-refractivity contribution is 0.252. The molecule has 2 aromatic heterocycles. The third-order valence-electron chi connectivity index (χ3n) is 4.00. The van der Waals surface area contributed by atoms with Crippen LogP contribution in [0.15, 0.2) is 46.2 Å². The normalized spacial score (nSPS) is 12.7. The van der Waals surface area contributed by atoms with Gasteiger partial charge in [0.25, 0.3) is 0 Å². The molecule has 120 valence electrons. The van der Waals surface area contributed by atoms with Crippen molar-refractivity contribution in [3.8, 4) is 11.5 Å². The molecular weight excluding hydrogens is 311 g/mol. The first-order chi connectivity index (χ1) is 11.0. The molecule has 3 rings (SSSR count). The van der Waals surface area contributed by atoms with Gasteiger partial charge in [0.2, 0.25) is 5.89 Å². The highest BCUT2D eigenvalue weighted by molar-refractivity contribution is 7.10. The van der Waals surface area contributed by atoms with Crippen LogP contribution in [0.5, 0.6) is 0 Å². The maximum absolute atomic E-state index is 13.0. The van der Waals surface area contributed by atoms with Gasteiger partial charge in [-0.05, 0) is 56.6 Å². The number of hydrogen-bond acceptors (Lipinski definition) is 4. The van der Waals surface area contributed by atoms with Crippen molar-refractivity contribution in [1.82, 2.24) is 9.88 Å². The first-order valence-electron chi connectivity index (χ1n) is 7.50. The molecule has 3 aromatic rings. The molecule has 0 radical (unpaired) electrons. The Kier molecular flexibility index (Phi) is 4.59. The minimum Gasteiger partial charge on any atom is -0.441 e. The van der Waals surface area contributed by atoms with E-state index in [0.717, 1.165) is 17.0 Å². The van der Waals surface area contributed by atoms with E-state index in [1.54, 1.807) is 23.5 Å². The summed E-state index contributed by atoms with van der Waals surface area (Å²) in [7, 11) is 2.08. The number of oxazole rings is 1. The predicted molar refractivity (Wildman–Crippen MR) is 90.8 cm³/mol. The molecule has 0 amide bonds. The van der Waals surface area contributed by atoms with E-state index in [4.69, 9.17) is 4.42 Å². The summed E-state index contributed by atoms with van der Waals surface area (Å²) in [6, 6.07) is 10.7. The van der Waals surface area contributed by atoms with Crippen LogP contribution in [-0.2, 0) is 6.54 Å². The molecule has 0 spiro atoms. The van der Waals surface area contributed by atoms with E-state index in [1.807, 2.05) is 6.92 Å². The molecule has 2 heterocycles. The van der Waals surface area contributed by atoms with E-state index in [-0.39, 0.29) is 5.82 Å². The molecule has 3 nitrogen and oxygen atoms in total. The molecular formula is C18H19FN2OS. The van der Waals surface area contributed by atoms with E-state index in [0.29, 0.717) is 18.5 Å². The standard InChI is InChI=1S/C18H19FN2OS/c1-12(17-5-4-10-23-17)21(3)11-16-13(2)22-18(20-16)14-6-8-15(19)9-7-14/h4-10,12H,11H2,1-3H3/t12-/m1/s1. The molecule has 1 atom stereocenters. The summed E-state index contributed by atoms with van der Waals surface area (Å²) in [5.74, 6) is 1.07. The van der Waals surface area contributed by atoms with Crippen molar-refractivity contribution < 1.29 is 8.81 Å². The maximum Gasteiger partial charge on any atom is 0.226 e. The van der Waals surface area contributed by atoms with Crippen LogP contribution >= 0.6 is 11.3 Å². The van der Waals surface area contributed by atoms with Crippen LogP contribution in [-0.4, -0.2) is 16.9 Å². The molecule has 23 heavy (non-hydrogen) atoms. The molecule has 0 unspecified atom stereocenters. The van der Waals surface area contributed by atoms with Crippen LogP contribution in [0.4, 0.5) is 4.39 Å². The van der Waals surface area contributed by atoms with Gasteiger partial charge in [-0.25, -0.2) is 9.37 Å². The molecule has 1 aromatic carbocycles.